The molecule has 6 nitrogen and oxygen atoms in total. The summed E-state index contributed by atoms with van der Waals surface area (Å²) in [5, 5.41) is 0. The molecule has 1 atom stereocenters. The van der Waals surface area contributed by atoms with Gasteiger partial charge in [-0.05, 0) is 45.2 Å². The fourth-order valence-corrected chi connectivity index (χ4v) is 2.85. The first kappa shape index (κ1) is 17.2. The van der Waals surface area contributed by atoms with Crippen LogP contribution in [-0.2, 0) is 9.53 Å². The number of ether oxygens (including phenoxy) is 2. The monoisotopic (exact) mass is 320 g/mol. The molecule has 0 bridgehead atoms. The first-order valence-electron chi connectivity index (χ1n) is 8.21. The van der Waals surface area contributed by atoms with Crippen LogP contribution >= 0.6 is 0 Å². The quantitative estimate of drug-likeness (QED) is 0.753. The fraction of sp³-hybridized carbons (Fsp3) is 0.588. The SMILES string of the molecule is CCOC(=O)C[C@H]1CCCCN1C(=O)c1cccnc1OCC. The maximum Gasteiger partial charge on any atom is 0.307 e. The third-order valence-corrected chi connectivity index (χ3v) is 3.88. The lowest BCUT2D eigenvalue weighted by Crippen LogP contribution is -2.45. The number of amides is 1. The number of hydrogen-bond acceptors (Lipinski definition) is 5. The molecule has 1 amide bonds. The zero-order valence-corrected chi connectivity index (χ0v) is 13.8. The molecule has 0 saturated carbocycles. The second kappa shape index (κ2) is 8.50. The van der Waals surface area contributed by atoms with Crippen LogP contribution in [0.5, 0.6) is 5.88 Å². The Morgan fingerprint density at radius 1 is 1.30 bits per heavy atom. The number of aromatic nitrogens is 1. The highest BCUT2D eigenvalue weighted by molar-refractivity contribution is 5.96. The number of hydrogen-bond donors (Lipinski definition) is 0. The molecule has 0 radical (unpaired) electrons. The molecule has 0 N–H and O–H groups in total. The summed E-state index contributed by atoms with van der Waals surface area (Å²) < 4.78 is 10.5. The van der Waals surface area contributed by atoms with Crippen molar-refractivity contribution >= 4 is 11.9 Å². The third-order valence-electron chi connectivity index (χ3n) is 3.88. The molecule has 2 heterocycles. The van der Waals surface area contributed by atoms with Crippen molar-refractivity contribution in [2.24, 2.45) is 0 Å². The Kier molecular flexibility index (Phi) is 6.38. The van der Waals surface area contributed by atoms with Crippen molar-refractivity contribution < 1.29 is 19.1 Å². The van der Waals surface area contributed by atoms with Crippen molar-refractivity contribution in [3.05, 3.63) is 23.9 Å². The molecular formula is C17H24N2O4. The normalized spacial score (nSPS) is 17.7. The first-order valence-corrected chi connectivity index (χ1v) is 8.21. The Morgan fingerprint density at radius 2 is 2.13 bits per heavy atom. The Bertz CT molecular complexity index is 547. The van der Waals surface area contributed by atoms with Gasteiger partial charge >= 0.3 is 5.97 Å². The predicted molar refractivity (Wildman–Crippen MR) is 85.3 cm³/mol. The van der Waals surface area contributed by atoms with E-state index < -0.39 is 0 Å². The Hall–Kier alpha value is -2.11. The second-order valence-corrected chi connectivity index (χ2v) is 5.45. The minimum Gasteiger partial charge on any atom is -0.477 e. The van der Waals surface area contributed by atoms with Gasteiger partial charge in [0.05, 0.1) is 19.6 Å². The summed E-state index contributed by atoms with van der Waals surface area (Å²) in [5.41, 5.74) is 0.449. The molecule has 1 fully saturated rings. The molecule has 1 saturated heterocycles. The predicted octanol–water partition coefficient (Wildman–Crippen LogP) is 2.43. The summed E-state index contributed by atoms with van der Waals surface area (Å²) in [6.07, 6.45) is 4.61. The first-order chi connectivity index (χ1) is 11.2. The number of carbonyl (C=O) groups is 2. The van der Waals surface area contributed by atoms with Crippen molar-refractivity contribution in [1.82, 2.24) is 9.88 Å². The summed E-state index contributed by atoms with van der Waals surface area (Å²) in [7, 11) is 0. The number of esters is 1. The van der Waals surface area contributed by atoms with E-state index in [0.717, 1.165) is 19.3 Å². The maximum absolute atomic E-state index is 12.9. The van der Waals surface area contributed by atoms with E-state index in [1.165, 1.54) is 0 Å². The molecule has 1 aliphatic rings. The van der Waals surface area contributed by atoms with Crippen LogP contribution in [-0.4, -0.2) is 47.6 Å². The highest BCUT2D eigenvalue weighted by Crippen LogP contribution is 2.25. The van der Waals surface area contributed by atoms with Crippen molar-refractivity contribution in [3.63, 3.8) is 0 Å². The number of rotatable bonds is 6. The summed E-state index contributed by atoms with van der Waals surface area (Å²) >= 11 is 0. The molecule has 0 aromatic carbocycles. The Balaban J connectivity index is 2.16. The summed E-state index contributed by atoms with van der Waals surface area (Å²) in [6.45, 7) is 5.09. The van der Waals surface area contributed by atoms with E-state index >= 15 is 0 Å². The number of pyridine rings is 1. The van der Waals surface area contributed by atoms with Gasteiger partial charge in [-0.3, -0.25) is 9.59 Å². The highest BCUT2D eigenvalue weighted by atomic mass is 16.5. The van der Waals surface area contributed by atoms with Crippen LogP contribution in [0.25, 0.3) is 0 Å². The van der Waals surface area contributed by atoms with Gasteiger partial charge in [0.25, 0.3) is 5.91 Å². The zero-order chi connectivity index (χ0) is 16.7. The van der Waals surface area contributed by atoms with E-state index in [0.29, 0.717) is 31.2 Å². The second-order valence-electron chi connectivity index (χ2n) is 5.45. The summed E-state index contributed by atoms with van der Waals surface area (Å²) in [6, 6.07) is 3.32. The summed E-state index contributed by atoms with van der Waals surface area (Å²) in [5.74, 6) is -0.0376. The number of carbonyl (C=O) groups excluding carboxylic acids is 2. The number of piperidine rings is 1. The van der Waals surface area contributed by atoms with E-state index in [1.54, 1.807) is 30.2 Å². The van der Waals surface area contributed by atoms with Crippen LogP contribution in [0, 0.1) is 0 Å². The van der Waals surface area contributed by atoms with Gasteiger partial charge in [0.15, 0.2) is 0 Å². The van der Waals surface area contributed by atoms with Crippen molar-refractivity contribution in [1.29, 1.82) is 0 Å². The molecule has 0 aliphatic carbocycles. The van der Waals surface area contributed by atoms with Crippen LogP contribution in [0.1, 0.15) is 49.9 Å². The van der Waals surface area contributed by atoms with E-state index in [-0.39, 0.29) is 24.3 Å². The zero-order valence-electron chi connectivity index (χ0n) is 13.8. The maximum atomic E-state index is 12.9. The molecule has 6 heteroatoms. The molecule has 2 rings (SSSR count). The molecular weight excluding hydrogens is 296 g/mol. The van der Waals surface area contributed by atoms with Gasteiger partial charge in [0.2, 0.25) is 5.88 Å². The number of likely N-dealkylation sites (tertiary alicyclic amines) is 1. The molecule has 1 aliphatic heterocycles. The van der Waals surface area contributed by atoms with Crippen LogP contribution < -0.4 is 4.74 Å². The van der Waals surface area contributed by atoms with E-state index in [9.17, 15) is 9.59 Å². The van der Waals surface area contributed by atoms with Gasteiger partial charge < -0.3 is 14.4 Å². The molecule has 1 aromatic rings. The van der Waals surface area contributed by atoms with E-state index in [2.05, 4.69) is 4.98 Å². The highest BCUT2D eigenvalue weighted by Gasteiger charge is 2.31. The van der Waals surface area contributed by atoms with Gasteiger partial charge in [0.1, 0.15) is 5.56 Å². The molecule has 23 heavy (non-hydrogen) atoms. The molecule has 126 valence electrons. The molecule has 0 spiro atoms. The van der Waals surface area contributed by atoms with Crippen molar-refractivity contribution in [3.8, 4) is 5.88 Å². The van der Waals surface area contributed by atoms with Crippen LogP contribution in [0.15, 0.2) is 18.3 Å². The van der Waals surface area contributed by atoms with E-state index in [1.807, 2.05) is 6.92 Å². The van der Waals surface area contributed by atoms with Crippen molar-refractivity contribution in [2.45, 2.75) is 45.6 Å². The Morgan fingerprint density at radius 3 is 2.87 bits per heavy atom. The minimum absolute atomic E-state index is 0.120. The lowest BCUT2D eigenvalue weighted by atomic mass is 9.98. The molecule has 1 aromatic heterocycles. The van der Waals surface area contributed by atoms with Crippen LogP contribution in [0.3, 0.4) is 0 Å². The average molecular weight is 320 g/mol. The number of nitrogens with zero attached hydrogens (tertiary/aromatic N) is 2. The van der Waals surface area contributed by atoms with Gasteiger partial charge in [-0.2, -0.15) is 0 Å². The smallest absolute Gasteiger partial charge is 0.307 e. The third kappa shape index (κ3) is 4.43. The van der Waals surface area contributed by atoms with Gasteiger partial charge in [-0.1, -0.05) is 0 Å². The minimum atomic E-state index is -0.256. The van der Waals surface area contributed by atoms with Gasteiger partial charge in [-0.25, -0.2) is 4.98 Å². The van der Waals surface area contributed by atoms with Gasteiger partial charge in [-0.15, -0.1) is 0 Å². The van der Waals surface area contributed by atoms with Gasteiger partial charge in [0, 0.05) is 18.8 Å². The fourth-order valence-electron chi connectivity index (χ4n) is 2.85. The van der Waals surface area contributed by atoms with Crippen molar-refractivity contribution in [2.75, 3.05) is 19.8 Å². The van der Waals surface area contributed by atoms with Crippen LogP contribution in [0.2, 0.25) is 0 Å². The lowest BCUT2D eigenvalue weighted by Gasteiger charge is -2.35. The Labute approximate surface area is 136 Å². The lowest BCUT2D eigenvalue weighted by molar-refractivity contribution is -0.144. The van der Waals surface area contributed by atoms with Crippen LogP contribution in [0.4, 0.5) is 0 Å². The summed E-state index contributed by atoms with van der Waals surface area (Å²) in [4.78, 5) is 30.6. The molecule has 0 unspecified atom stereocenters. The van der Waals surface area contributed by atoms with E-state index in [4.69, 9.17) is 9.47 Å². The topological polar surface area (TPSA) is 68.7 Å². The standard InChI is InChI=1S/C17H24N2O4/c1-3-22-15(20)12-13-8-5-6-11-19(13)17(21)14-9-7-10-18-16(14)23-4-2/h7,9-10,13H,3-6,8,11-12H2,1-2H3/t13-/m1/s1. The largest absolute Gasteiger partial charge is 0.477 e. The average Bonchev–Trinajstić information content (AvgIpc) is 2.56.